The van der Waals surface area contributed by atoms with Crippen molar-refractivity contribution in [3.63, 3.8) is 0 Å². The minimum absolute atomic E-state index is 0.609. The van der Waals surface area contributed by atoms with E-state index in [-0.39, 0.29) is 0 Å². The lowest BCUT2D eigenvalue weighted by molar-refractivity contribution is 0.291. The molecule has 0 unspecified atom stereocenters. The molecule has 0 aliphatic carbocycles. The first kappa shape index (κ1) is 14.0. The zero-order valence-corrected chi connectivity index (χ0v) is 12.5. The third kappa shape index (κ3) is 2.96. The number of aromatic amines is 1. The fourth-order valence-corrected chi connectivity index (χ4v) is 2.40. The Balaban J connectivity index is 2.31. The van der Waals surface area contributed by atoms with Crippen LogP contribution in [0.3, 0.4) is 0 Å². The van der Waals surface area contributed by atoms with E-state index in [9.17, 15) is 0 Å². The maximum Gasteiger partial charge on any atom is 0.215 e. The summed E-state index contributed by atoms with van der Waals surface area (Å²) in [6, 6.07) is 3.78. The molecule has 0 radical (unpaired) electrons. The zero-order chi connectivity index (χ0) is 13.8. The molecule has 2 aromatic rings. The van der Waals surface area contributed by atoms with Crippen LogP contribution in [0, 0.1) is 4.77 Å². The smallest absolute Gasteiger partial charge is 0.215 e. The van der Waals surface area contributed by atoms with Gasteiger partial charge < -0.3 is 19.2 Å². The Kier molecular flexibility index (Phi) is 4.55. The molecule has 0 spiro atoms. The van der Waals surface area contributed by atoms with Crippen molar-refractivity contribution in [3.05, 3.63) is 16.9 Å². The molecule has 0 fully saturated rings. The number of hydrogen-bond acceptors (Lipinski definition) is 4. The first-order valence-electron chi connectivity index (χ1n) is 6.55. The van der Waals surface area contributed by atoms with Gasteiger partial charge in [0.15, 0.2) is 10.4 Å². The second-order valence-corrected chi connectivity index (χ2v) is 4.72. The van der Waals surface area contributed by atoms with Crippen LogP contribution in [0.1, 0.15) is 13.8 Å². The minimum Gasteiger partial charge on any atom is -0.481 e. The van der Waals surface area contributed by atoms with Gasteiger partial charge in [-0.1, -0.05) is 13.8 Å². The Morgan fingerprint density at radius 3 is 2.74 bits per heavy atom. The van der Waals surface area contributed by atoms with Crippen molar-refractivity contribution in [2.45, 2.75) is 20.4 Å². The van der Waals surface area contributed by atoms with Crippen LogP contribution in [0.2, 0.25) is 0 Å². The lowest BCUT2D eigenvalue weighted by Gasteiger charge is -2.18. The number of rotatable bonds is 6. The van der Waals surface area contributed by atoms with Gasteiger partial charge in [-0.25, -0.2) is 0 Å². The van der Waals surface area contributed by atoms with Crippen LogP contribution in [-0.2, 0) is 6.54 Å². The normalized spacial score (nSPS) is 11.4. The number of pyridine rings is 1. The zero-order valence-electron chi connectivity index (χ0n) is 11.6. The maximum absolute atomic E-state index is 5.37. The summed E-state index contributed by atoms with van der Waals surface area (Å²) in [6.07, 6.45) is 0. The first-order valence-corrected chi connectivity index (χ1v) is 6.96. The van der Waals surface area contributed by atoms with E-state index >= 15 is 0 Å². The molecule has 2 heterocycles. The number of imidazole rings is 1. The number of aromatic nitrogens is 3. The standard InChI is InChI=1S/C13H20N4OS/c1-4-16(5-2)8-9-17-12-10(14-13(17)19)6-7-11(15-12)18-3/h6-7H,4-5,8-9H2,1-3H3,(H,14,19). The second-order valence-electron chi connectivity index (χ2n) is 4.33. The van der Waals surface area contributed by atoms with Crippen molar-refractivity contribution in [1.29, 1.82) is 0 Å². The molecule has 5 nitrogen and oxygen atoms in total. The van der Waals surface area contributed by atoms with Crippen LogP contribution in [0.25, 0.3) is 11.2 Å². The fraction of sp³-hybridized carbons (Fsp3) is 0.538. The SMILES string of the molecule is CCN(CC)CCn1c(=S)[nH]c2ccc(OC)nc21. The Bertz CT molecular complexity index is 600. The number of H-pyrrole nitrogens is 1. The van der Waals surface area contributed by atoms with E-state index in [1.165, 1.54) is 0 Å². The van der Waals surface area contributed by atoms with Crippen molar-refractivity contribution in [1.82, 2.24) is 19.4 Å². The number of likely N-dealkylation sites (N-methyl/N-ethyl adjacent to an activating group) is 1. The average Bonchev–Trinajstić information content (AvgIpc) is 2.75. The summed E-state index contributed by atoms with van der Waals surface area (Å²) in [6.45, 7) is 8.22. The summed E-state index contributed by atoms with van der Waals surface area (Å²) in [5.41, 5.74) is 1.81. The van der Waals surface area contributed by atoms with Gasteiger partial charge in [0.2, 0.25) is 5.88 Å². The largest absolute Gasteiger partial charge is 0.481 e. The molecule has 0 aromatic carbocycles. The van der Waals surface area contributed by atoms with Gasteiger partial charge in [-0.2, -0.15) is 4.98 Å². The number of hydrogen-bond donors (Lipinski definition) is 1. The lowest BCUT2D eigenvalue weighted by Crippen LogP contribution is -2.27. The van der Waals surface area contributed by atoms with Crippen molar-refractivity contribution < 1.29 is 4.74 Å². The van der Waals surface area contributed by atoms with Gasteiger partial charge in [0.25, 0.3) is 0 Å². The number of fused-ring (bicyclic) bond motifs is 1. The topological polar surface area (TPSA) is 46.1 Å². The summed E-state index contributed by atoms with van der Waals surface area (Å²) in [4.78, 5) is 10.0. The summed E-state index contributed by atoms with van der Waals surface area (Å²) in [7, 11) is 1.62. The highest BCUT2D eigenvalue weighted by Gasteiger charge is 2.08. The predicted octanol–water partition coefficient (Wildman–Crippen LogP) is 2.44. The molecule has 0 amide bonds. The van der Waals surface area contributed by atoms with Crippen LogP contribution >= 0.6 is 12.2 Å². The highest BCUT2D eigenvalue weighted by atomic mass is 32.1. The van der Waals surface area contributed by atoms with E-state index in [4.69, 9.17) is 17.0 Å². The van der Waals surface area contributed by atoms with Crippen LogP contribution in [0.15, 0.2) is 12.1 Å². The lowest BCUT2D eigenvalue weighted by atomic mass is 10.4. The monoisotopic (exact) mass is 280 g/mol. The van der Waals surface area contributed by atoms with Gasteiger partial charge >= 0.3 is 0 Å². The van der Waals surface area contributed by atoms with Crippen LogP contribution < -0.4 is 4.74 Å². The molecule has 0 saturated heterocycles. The van der Waals surface area contributed by atoms with Crippen molar-refractivity contribution in [3.8, 4) is 5.88 Å². The fourth-order valence-electron chi connectivity index (χ4n) is 2.12. The molecule has 0 saturated carbocycles. The third-order valence-corrected chi connectivity index (χ3v) is 3.66. The maximum atomic E-state index is 5.37. The Labute approximate surface area is 118 Å². The summed E-state index contributed by atoms with van der Waals surface area (Å²) in [5.74, 6) is 0.609. The molecule has 0 bridgehead atoms. The van der Waals surface area contributed by atoms with Gasteiger partial charge in [-0.15, -0.1) is 0 Å². The summed E-state index contributed by atoms with van der Waals surface area (Å²) in [5, 5.41) is 0. The van der Waals surface area contributed by atoms with Gasteiger partial charge in [-0.05, 0) is 31.4 Å². The quantitative estimate of drug-likeness (QED) is 0.826. The highest BCUT2D eigenvalue weighted by Crippen LogP contribution is 2.16. The highest BCUT2D eigenvalue weighted by molar-refractivity contribution is 7.71. The number of methoxy groups -OCH3 is 1. The van der Waals surface area contributed by atoms with Crippen LogP contribution in [-0.4, -0.2) is 46.2 Å². The molecule has 2 rings (SSSR count). The Morgan fingerprint density at radius 1 is 1.37 bits per heavy atom. The van der Waals surface area contributed by atoms with E-state index in [0.29, 0.717) is 10.7 Å². The second kappa shape index (κ2) is 6.16. The van der Waals surface area contributed by atoms with E-state index in [1.54, 1.807) is 7.11 Å². The molecular formula is C13H20N4OS. The van der Waals surface area contributed by atoms with Crippen molar-refractivity contribution >= 4 is 23.4 Å². The number of ether oxygens (including phenoxy) is 1. The summed E-state index contributed by atoms with van der Waals surface area (Å²) >= 11 is 5.37. The van der Waals surface area contributed by atoms with E-state index < -0.39 is 0 Å². The first-order chi connectivity index (χ1) is 9.19. The molecule has 0 aliphatic rings. The number of nitrogens with one attached hydrogen (secondary N) is 1. The van der Waals surface area contributed by atoms with Crippen molar-refractivity contribution in [2.24, 2.45) is 0 Å². The van der Waals surface area contributed by atoms with E-state index in [1.807, 2.05) is 16.7 Å². The van der Waals surface area contributed by atoms with Crippen LogP contribution in [0.4, 0.5) is 0 Å². The Hall–Kier alpha value is -1.40. The molecular weight excluding hydrogens is 260 g/mol. The predicted molar refractivity (Wildman–Crippen MR) is 79.3 cm³/mol. The van der Waals surface area contributed by atoms with E-state index in [2.05, 4.69) is 28.7 Å². The molecule has 19 heavy (non-hydrogen) atoms. The molecule has 1 N–H and O–H groups in total. The van der Waals surface area contributed by atoms with Gasteiger partial charge in [-0.3, -0.25) is 0 Å². The average molecular weight is 280 g/mol. The Morgan fingerprint density at radius 2 is 2.11 bits per heavy atom. The summed E-state index contributed by atoms with van der Waals surface area (Å²) < 4.78 is 7.92. The molecule has 104 valence electrons. The van der Waals surface area contributed by atoms with Crippen LogP contribution in [0.5, 0.6) is 5.88 Å². The minimum atomic E-state index is 0.609. The third-order valence-electron chi connectivity index (χ3n) is 3.34. The molecule has 0 atom stereocenters. The molecule has 6 heteroatoms. The van der Waals surface area contributed by atoms with Gasteiger partial charge in [0.1, 0.15) is 0 Å². The molecule has 2 aromatic heterocycles. The van der Waals surface area contributed by atoms with E-state index in [0.717, 1.165) is 37.3 Å². The molecule has 0 aliphatic heterocycles. The van der Waals surface area contributed by atoms with Gasteiger partial charge in [0, 0.05) is 19.2 Å². The number of nitrogens with zero attached hydrogens (tertiary/aromatic N) is 3. The van der Waals surface area contributed by atoms with Gasteiger partial charge in [0.05, 0.1) is 12.6 Å². The van der Waals surface area contributed by atoms with Crippen molar-refractivity contribution in [2.75, 3.05) is 26.7 Å².